The molecular weight excluding hydrogens is 413 g/mol. The Bertz CT molecular complexity index is 1140. The molecule has 2 aromatic carbocycles. The van der Waals surface area contributed by atoms with Gasteiger partial charge in [0, 0.05) is 26.2 Å². The Balaban J connectivity index is 1.72. The summed E-state index contributed by atoms with van der Waals surface area (Å²) in [6.07, 6.45) is 0. The molecule has 26 heavy (non-hydrogen) atoms. The number of carbonyl (C=O) groups excluding carboxylic acids is 1. The molecule has 0 spiro atoms. The first-order valence-electron chi connectivity index (χ1n) is 7.56. The van der Waals surface area contributed by atoms with Gasteiger partial charge in [-0.15, -0.1) is 11.3 Å². The van der Waals surface area contributed by atoms with Crippen molar-refractivity contribution in [3.63, 3.8) is 0 Å². The van der Waals surface area contributed by atoms with Crippen LogP contribution in [0.1, 0.15) is 15.2 Å². The van der Waals surface area contributed by atoms with Crippen molar-refractivity contribution >= 4 is 56.0 Å². The zero-order chi connectivity index (χ0) is 18.5. The van der Waals surface area contributed by atoms with Crippen molar-refractivity contribution in [3.05, 3.63) is 69.0 Å². The minimum absolute atomic E-state index is 0.138. The van der Waals surface area contributed by atoms with Crippen LogP contribution in [0.25, 0.3) is 10.4 Å². The highest BCUT2D eigenvalue weighted by Crippen LogP contribution is 2.43. The molecule has 1 aliphatic heterocycles. The Hall–Kier alpha value is -1.86. The molecule has 4 nitrogen and oxygen atoms in total. The number of rotatable bonds is 2. The number of carbonyl (C=O) groups is 1. The minimum atomic E-state index is -3.48. The van der Waals surface area contributed by atoms with E-state index in [0.29, 0.717) is 31.7 Å². The molecule has 0 bridgehead atoms. The van der Waals surface area contributed by atoms with Crippen LogP contribution in [0.2, 0.25) is 10.0 Å². The fourth-order valence-corrected chi connectivity index (χ4v) is 6.06. The normalized spacial score (nSPS) is 14.4. The Kier molecular flexibility index (Phi) is 4.31. The predicted octanol–water partition coefficient (Wildman–Crippen LogP) is 5.26. The van der Waals surface area contributed by atoms with Crippen molar-refractivity contribution in [2.45, 2.75) is 10.6 Å². The van der Waals surface area contributed by atoms with Crippen molar-refractivity contribution in [1.29, 1.82) is 0 Å². The minimum Gasteiger partial charge on any atom is -0.321 e. The summed E-state index contributed by atoms with van der Waals surface area (Å²) in [7, 11) is -3.48. The molecule has 3 aromatic rings. The quantitative estimate of drug-likeness (QED) is 0.610. The van der Waals surface area contributed by atoms with E-state index in [1.807, 2.05) is 0 Å². The third kappa shape index (κ3) is 3.14. The standard InChI is InChI=1S/C18H11Cl2NO3S2/c19-11-1-4-13(5-2-11)21-18(22)15-7-10-9-26(23,24)16-8-12(20)3-6-14(16)17(10)25-15/h1-8H,9H2,(H,21,22). The van der Waals surface area contributed by atoms with Crippen LogP contribution in [0, 0.1) is 0 Å². The molecule has 1 amide bonds. The summed E-state index contributed by atoms with van der Waals surface area (Å²) in [5, 5.41) is 3.74. The van der Waals surface area contributed by atoms with Gasteiger partial charge in [-0.3, -0.25) is 4.79 Å². The van der Waals surface area contributed by atoms with Gasteiger partial charge in [-0.05, 0) is 48.0 Å². The van der Waals surface area contributed by atoms with Gasteiger partial charge in [-0.1, -0.05) is 29.3 Å². The van der Waals surface area contributed by atoms with Gasteiger partial charge in [0.25, 0.3) is 5.91 Å². The Labute approximate surface area is 164 Å². The monoisotopic (exact) mass is 423 g/mol. The number of nitrogens with one attached hydrogen (secondary N) is 1. The van der Waals surface area contributed by atoms with Crippen LogP contribution in [0.5, 0.6) is 0 Å². The average molecular weight is 424 g/mol. The second kappa shape index (κ2) is 6.39. The molecule has 1 aliphatic rings. The van der Waals surface area contributed by atoms with Crippen LogP contribution in [-0.4, -0.2) is 14.3 Å². The molecule has 0 atom stereocenters. The van der Waals surface area contributed by atoms with Crippen molar-refractivity contribution in [2.75, 3.05) is 5.32 Å². The molecule has 8 heteroatoms. The van der Waals surface area contributed by atoms with E-state index >= 15 is 0 Å². The van der Waals surface area contributed by atoms with Gasteiger partial charge in [0.1, 0.15) is 0 Å². The van der Waals surface area contributed by atoms with E-state index in [2.05, 4.69) is 5.32 Å². The molecule has 1 aromatic heterocycles. The predicted molar refractivity (Wildman–Crippen MR) is 105 cm³/mol. The van der Waals surface area contributed by atoms with Crippen molar-refractivity contribution in [1.82, 2.24) is 0 Å². The number of sulfone groups is 1. The number of hydrogen-bond acceptors (Lipinski definition) is 4. The van der Waals surface area contributed by atoms with Crippen LogP contribution in [0.4, 0.5) is 5.69 Å². The second-order valence-corrected chi connectivity index (χ2v) is 9.71. The molecule has 2 heterocycles. The van der Waals surface area contributed by atoms with E-state index < -0.39 is 9.84 Å². The summed E-state index contributed by atoms with van der Waals surface area (Å²) < 4.78 is 25.0. The molecule has 0 saturated carbocycles. The van der Waals surface area contributed by atoms with E-state index in [4.69, 9.17) is 23.2 Å². The molecule has 1 N–H and O–H groups in total. The number of halogens is 2. The van der Waals surface area contributed by atoms with E-state index in [1.165, 1.54) is 17.4 Å². The highest BCUT2D eigenvalue weighted by molar-refractivity contribution is 7.91. The number of benzene rings is 2. The second-order valence-electron chi connectivity index (χ2n) is 5.83. The highest BCUT2D eigenvalue weighted by atomic mass is 35.5. The third-order valence-electron chi connectivity index (χ3n) is 4.00. The van der Waals surface area contributed by atoms with Crippen LogP contribution >= 0.6 is 34.5 Å². The maximum atomic E-state index is 12.5. The summed E-state index contributed by atoms with van der Waals surface area (Å²) in [6.45, 7) is 0. The lowest BCUT2D eigenvalue weighted by Gasteiger charge is -2.16. The number of fused-ring (bicyclic) bond motifs is 3. The van der Waals surface area contributed by atoms with Crippen LogP contribution in [-0.2, 0) is 15.6 Å². The molecule has 132 valence electrons. The highest BCUT2D eigenvalue weighted by Gasteiger charge is 2.31. The van der Waals surface area contributed by atoms with E-state index in [0.717, 1.165) is 4.88 Å². The Morgan fingerprint density at radius 1 is 1.00 bits per heavy atom. The van der Waals surface area contributed by atoms with Gasteiger partial charge in [0.05, 0.1) is 15.5 Å². The van der Waals surface area contributed by atoms with E-state index in [9.17, 15) is 13.2 Å². The summed E-state index contributed by atoms with van der Waals surface area (Å²) in [4.78, 5) is 14.0. The van der Waals surface area contributed by atoms with E-state index in [1.54, 1.807) is 42.5 Å². The topological polar surface area (TPSA) is 63.2 Å². The maximum absolute atomic E-state index is 12.5. The molecular formula is C18H11Cl2NO3S2. The summed E-state index contributed by atoms with van der Waals surface area (Å²) in [5.41, 5.74) is 1.84. The molecule has 0 radical (unpaired) electrons. The van der Waals surface area contributed by atoms with Crippen LogP contribution in [0.15, 0.2) is 53.4 Å². The molecule has 0 fully saturated rings. The number of amides is 1. The molecule has 0 unspecified atom stereocenters. The van der Waals surface area contributed by atoms with Crippen molar-refractivity contribution in [3.8, 4) is 10.4 Å². The largest absolute Gasteiger partial charge is 0.321 e. The summed E-state index contributed by atoms with van der Waals surface area (Å²) in [5.74, 6) is -0.430. The number of hydrogen-bond donors (Lipinski definition) is 1. The first kappa shape index (κ1) is 17.5. The summed E-state index contributed by atoms with van der Waals surface area (Å²) >= 11 is 13.1. The lowest BCUT2D eigenvalue weighted by Crippen LogP contribution is -2.11. The fourth-order valence-electron chi connectivity index (χ4n) is 2.83. The Morgan fingerprint density at radius 3 is 2.42 bits per heavy atom. The van der Waals surface area contributed by atoms with Gasteiger partial charge < -0.3 is 5.32 Å². The molecule has 4 rings (SSSR count). The smallest absolute Gasteiger partial charge is 0.265 e. The van der Waals surface area contributed by atoms with Gasteiger partial charge in [-0.2, -0.15) is 0 Å². The first-order chi connectivity index (χ1) is 12.3. The maximum Gasteiger partial charge on any atom is 0.265 e. The summed E-state index contributed by atoms with van der Waals surface area (Å²) in [6, 6.07) is 13.2. The average Bonchev–Trinajstić information content (AvgIpc) is 3.00. The SMILES string of the molecule is O=C(Nc1ccc(Cl)cc1)c1cc2c(s1)-c1ccc(Cl)cc1S(=O)(=O)C2. The number of thiophene rings is 1. The Morgan fingerprint density at radius 2 is 1.69 bits per heavy atom. The lowest BCUT2D eigenvalue weighted by molar-refractivity contribution is 0.103. The van der Waals surface area contributed by atoms with Crippen molar-refractivity contribution in [2.24, 2.45) is 0 Å². The van der Waals surface area contributed by atoms with E-state index in [-0.39, 0.29) is 16.6 Å². The molecule has 0 saturated heterocycles. The van der Waals surface area contributed by atoms with Crippen molar-refractivity contribution < 1.29 is 13.2 Å². The lowest BCUT2D eigenvalue weighted by atomic mass is 10.1. The van der Waals surface area contributed by atoms with Gasteiger partial charge in [0.2, 0.25) is 0 Å². The van der Waals surface area contributed by atoms with Gasteiger partial charge >= 0.3 is 0 Å². The van der Waals surface area contributed by atoms with Gasteiger partial charge in [0.15, 0.2) is 9.84 Å². The molecule has 0 aliphatic carbocycles. The van der Waals surface area contributed by atoms with Gasteiger partial charge in [-0.25, -0.2) is 8.42 Å². The van der Waals surface area contributed by atoms with Crippen LogP contribution < -0.4 is 5.32 Å². The zero-order valence-electron chi connectivity index (χ0n) is 13.1. The van der Waals surface area contributed by atoms with Crippen LogP contribution in [0.3, 0.4) is 0 Å². The fraction of sp³-hybridized carbons (Fsp3) is 0.0556. The zero-order valence-corrected chi connectivity index (χ0v) is 16.3. The number of anilines is 1. The first-order valence-corrected chi connectivity index (χ1v) is 10.8. The third-order valence-corrected chi connectivity index (χ3v) is 7.40.